The zero-order valence-corrected chi connectivity index (χ0v) is 14.5. The summed E-state index contributed by atoms with van der Waals surface area (Å²) in [6.07, 6.45) is 2.44. The molecule has 1 saturated carbocycles. The molecule has 1 nitrogen and oxygen atoms in total. The molecule has 20 heavy (non-hydrogen) atoms. The average Bonchev–Trinajstić information content (AvgIpc) is 2.37. The van der Waals surface area contributed by atoms with E-state index in [1.807, 2.05) is 0 Å². The number of benzene rings is 2. The molecule has 0 saturated heterocycles. The first-order valence-corrected chi connectivity index (χ1v) is 8.48. The van der Waals surface area contributed by atoms with Crippen LogP contribution in [0.1, 0.15) is 29.9 Å². The van der Waals surface area contributed by atoms with Crippen molar-refractivity contribution >= 4 is 37.5 Å². The fourth-order valence-corrected chi connectivity index (χ4v) is 3.49. The summed E-state index contributed by atoms with van der Waals surface area (Å²) in [7, 11) is 0. The standard InChI is InChI=1S/C17H17Br2N/c1-11-8-15(19)6-7-17(11)20-16-9-13(10-16)12-2-4-14(18)5-3-12/h2-8,13,16,20H,9-10H2,1H3. The van der Waals surface area contributed by atoms with Crippen LogP contribution in [-0.2, 0) is 0 Å². The van der Waals surface area contributed by atoms with Crippen LogP contribution in [-0.4, -0.2) is 6.04 Å². The highest BCUT2D eigenvalue weighted by Gasteiger charge is 2.30. The van der Waals surface area contributed by atoms with Crippen molar-refractivity contribution in [2.24, 2.45) is 0 Å². The van der Waals surface area contributed by atoms with E-state index >= 15 is 0 Å². The fourth-order valence-electron chi connectivity index (χ4n) is 2.75. The molecule has 0 amide bonds. The van der Waals surface area contributed by atoms with Gasteiger partial charge in [-0.15, -0.1) is 0 Å². The van der Waals surface area contributed by atoms with E-state index in [4.69, 9.17) is 0 Å². The highest BCUT2D eigenvalue weighted by molar-refractivity contribution is 9.10. The van der Waals surface area contributed by atoms with E-state index in [-0.39, 0.29) is 0 Å². The van der Waals surface area contributed by atoms with Crippen molar-refractivity contribution in [3.8, 4) is 0 Å². The number of halogens is 2. The maximum absolute atomic E-state index is 3.65. The lowest BCUT2D eigenvalue weighted by Gasteiger charge is -2.37. The third-order valence-corrected chi connectivity index (χ3v) is 5.05. The van der Waals surface area contributed by atoms with Gasteiger partial charge in [0.15, 0.2) is 0 Å². The Hall–Kier alpha value is -0.800. The van der Waals surface area contributed by atoms with E-state index in [1.165, 1.54) is 29.7 Å². The molecule has 0 unspecified atom stereocenters. The highest BCUT2D eigenvalue weighted by Crippen LogP contribution is 2.39. The summed E-state index contributed by atoms with van der Waals surface area (Å²) in [5.74, 6) is 0.705. The van der Waals surface area contributed by atoms with Crippen LogP contribution in [0.4, 0.5) is 5.69 Å². The summed E-state index contributed by atoms with van der Waals surface area (Å²) in [4.78, 5) is 0. The molecule has 0 spiro atoms. The van der Waals surface area contributed by atoms with Crippen molar-refractivity contribution in [3.05, 3.63) is 62.5 Å². The molecule has 0 heterocycles. The normalized spacial score (nSPS) is 21.4. The molecule has 104 valence electrons. The molecular formula is C17H17Br2N. The van der Waals surface area contributed by atoms with Crippen LogP contribution in [0.2, 0.25) is 0 Å². The molecular weight excluding hydrogens is 378 g/mol. The van der Waals surface area contributed by atoms with Gasteiger partial charge in [-0.25, -0.2) is 0 Å². The van der Waals surface area contributed by atoms with Gasteiger partial charge in [0.2, 0.25) is 0 Å². The fraction of sp³-hybridized carbons (Fsp3) is 0.294. The zero-order valence-electron chi connectivity index (χ0n) is 11.4. The maximum Gasteiger partial charge on any atom is 0.0372 e. The van der Waals surface area contributed by atoms with Crippen molar-refractivity contribution in [1.29, 1.82) is 0 Å². The second kappa shape index (κ2) is 5.90. The van der Waals surface area contributed by atoms with Crippen molar-refractivity contribution < 1.29 is 0 Å². The molecule has 1 aliphatic rings. The Kier molecular flexibility index (Phi) is 4.18. The number of hydrogen-bond acceptors (Lipinski definition) is 1. The largest absolute Gasteiger partial charge is 0.382 e. The Morgan fingerprint density at radius 3 is 2.25 bits per heavy atom. The number of aryl methyl sites for hydroxylation is 1. The first kappa shape index (κ1) is 14.2. The van der Waals surface area contributed by atoms with E-state index in [9.17, 15) is 0 Å². The Labute approximate surface area is 137 Å². The van der Waals surface area contributed by atoms with Gasteiger partial charge >= 0.3 is 0 Å². The molecule has 0 atom stereocenters. The molecule has 2 aromatic rings. The molecule has 0 radical (unpaired) electrons. The minimum atomic E-state index is 0.600. The maximum atomic E-state index is 3.65. The highest BCUT2D eigenvalue weighted by atomic mass is 79.9. The second-order valence-electron chi connectivity index (χ2n) is 5.52. The van der Waals surface area contributed by atoms with Crippen molar-refractivity contribution in [3.63, 3.8) is 0 Å². The van der Waals surface area contributed by atoms with Crippen LogP contribution in [0.5, 0.6) is 0 Å². The van der Waals surface area contributed by atoms with Gasteiger partial charge < -0.3 is 5.32 Å². The topological polar surface area (TPSA) is 12.0 Å². The molecule has 1 N–H and O–H groups in total. The molecule has 0 aliphatic heterocycles. The molecule has 1 aliphatic carbocycles. The molecule has 0 aromatic heterocycles. The molecule has 0 bridgehead atoms. The lowest BCUT2D eigenvalue weighted by molar-refractivity contribution is 0.374. The lowest BCUT2D eigenvalue weighted by Crippen LogP contribution is -2.34. The van der Waals surface area contributed by atoms with E-state index in [0.29, 0.717) is 12.0 Å². The van der Waals surface area contributed by atoms with Gasteiger partial charge in [-0.1, -0.05) is 44.0 Å². The Bertz CT molecular complexity index is 601. The number of hydrogen-bond donors (Lipinski definition) is 1. The third-order valence-electron chi connectivity index (χ3n) is 4.03. The number of anilines is 1. The van der Waals surface area contributed by atoms with Gasteiger partial charge in [0.05, 0.1) is 0 Å². The Morgan fingerprint density at radius 1 is 0.950 bits per heavy atom. The van der Waals surface area contributed by atoms with Crippen molar-refractivity contribution in [2.75, 3.05) is 5.32 Å². The minimum absolute atomic E-state index is 0.600. The van der Waals surface area contributed by atoms with Crippen molar-refractivity contribution in [2.45, 2.75) is 31.7 Å². The van der Waals surface area contributed by atoms with Gasteiger partial charge in [-0.2, -0.15) is 0 Å². The molecule has 3 rings (SSSR count). The Morgan fingerprint density at radius 2 is 1.60 bits per heavy atom. The van der Waals surface area contributed by atoms with Gasteiger partial charge in [-0.3, -0.25) is 0 Å². The van der Waals surface area contributed by atoms with Crippen LogP contribution in [0.25, 0.3) is 0 Å². The molecule has 2 aromatic carbocycles. The average molecular weight is 395 g/mol. The van der Waals surface area contributed by atoms with Crippen LogP contribution in [0.15, 0.2) is 51.4 Å². The summed E-state index contributed by atoms with van der Waals surface area (Å²) in [6, 6.07) is 15.7. The smallest absolute Gasteiger partial charge is 0.0372 e. The van der Waals surface area contributed by atoms with Crippen LogP contribution in [0, 0.1) is 6.92 Å². The lowest BCUT2D eigenvalue weighted by atomic mass is 9.76. The summed E-state index contributed by atoms with van der Waals surface area (Å²) in [5.41, 5.74) is 4.01. The number of rotatable bonds is 3. The second-order valence-corrected chi connectivity index (χ2v) is 7.35. The molecule has 3 heteroatoms. The summed E-state index contributed by atoms with van der Waals surface area (Å²) in [6.45, 7) is 2.15. The van der Waals surface area contributed by atoms with Gasteiger partial charge in [0.25, 0.3) is 0 Å². The van der Waals surface area contributed by atoms with Crippen LogP contribution >= 0.6 is 31.9 Å². The first-order chi connectivity index (χ1) is 9.61. The van der Waals surface area contributed by atoms with Crippen LogP contribution < -0.4 is 5.32 Å². The van der Waals surface area contributed by atoms with Crippen molar-refractivity contribution in [1.82, 2.24) is 0 Å². The summed E-state index contributed by atoms with van der Waals surface area (Å²) >= 11 is 7.00. The zero-order chi connectivity index (χ0) is 14.1. The molecule has 1 fully saturated rings. The Balaban J connectivity index is 1.59. The predicted molar refractivity (Wildman–Crippen MR) is 92.4 cm³/mol. The quantitative estimate of drug-likeness (QED) is 0.685. The van der Waals surface area contributed by atoms with E-state index < -0.39 is 0 Å². The first-order valence-electron chi connectivity index (χ1n) is 6.90. The summed E-state index contributed by atoms with van der Waals surface area (Å²) in [5, 5.41) is 3.65. The van der Waals surface area contributed by atoms with Gasteiger partial charge in [0.1, 0.15) is 0 Å². The number of nitrogens with one attached hydrogen (secondary N) is 1. The SMILES string of the molecule is Cc1cc(Br)ccc1NC1CC(c2ccc(Br)cc2)C1. The van der Waals surface area contributed by atoms with Crippen LogP contribution in [0.3, 0.4) is 0 Å². The monoisotopic (exact) mass is 393 g/mol. The minimum Gasteiger partial charge on any atom is -0.382 e. The van der Waals surface area contributed by atoms with E-state index in [2.05, 4.69) is 86.6 Å². The third kappa shape index (κ3) is 3.09. The summed E-state index contributed by atoms with van der Waals surface area (Å²) < 4.78 is 2.29. The van der Waals surface area contributed by atoms with E-state index in [1.54, 1.807) is 0 Å². The van der Waals surface area contributed by atoms with E-state index in [0.717, 1.165) is 8.95 Å². The van der Waals surface area contributed by atoms with Gasteiger partial charge in [0, 0.05) is 20.7 Å². The predicted octanol–water partition coefficient (Wildman–Crippen LogP) is 5.88. The van der Waals surface area contributed by atoms with Gasteiger partial charge in [-0.05, 0) is 67.1 Å².